The summed E-state index contributed by atoms with van der Waals surface area (Å²) in [5.41, 5.74) is 0.689. The van der Waals surface area contributed by atoms with Crippen molar-refractivity contribution in [1.82, 2.24) is 10.1 Å². The second kappa shape index (κ2) is 5.08. The summed E-state index contributed by atoms with van der Waals surface area (Å²) in [6, 6.07) is 5.27. The molecular formula is C14H14N2O5. The molecule has 1 saturated carbocycles. The van der Waals surface area contributed by atoms with Gasteiger partial charge in [0.05, 0.1) is 26.1 Å². The molecule has 1 aliphatic carbocycles. The van der Waals surface area contributed by atoms with Crippen LogP contribution in [-0.4, -0.2) is 35.4 Å². The highest BCUT2D eigenvalue weighted by atomic mass is 16.5. The van der Waals surface area contributed by atoms with Gasteiger partial charge in [0.25, 0.3) is 0 Å². The number of ether oxygens (including phenoxy) is 2. The Morgan fingerprint density at radius 3 is 2.48 bits per heavy atom. The number of hydrogen-bond donors (Lipinski definition) is 1. The molecule has 1 fully saturated rings. The van der Waals surface area contributed by atoms with Crippen LogP contribution in [0.25, 0.3) is 11.4 Å². The van der Waals surface area contributed by atoms with E-state index >= 15 is 0 Å². The SMILES string of the molecule is COc1cc(OC)cc(-c2noc(C3CC3C(=O)O)n2)c1. The van der Waals surface area contributed by atoms with Crippen LogP contribution in [0.2, 0.25) is 0 Å². The maximum atomic E-state index is 10.9. The second-order valence-electron chi connectivity index (χ2n) is 4.84. The minimum Gasteiger partial charge on any atom is -0.497 e. The molecule has 2 unspecified atom stereocenters. The Morgan fingerprint density at radius 2 is 1.95 bits per heavy atom. The number of nitrogens with zero attached hydrogens (tertiary/aromatic N) is 2. The molecule has 2 atom stereocenters. The van der Waals surface area contributed by atoms with Crippen LogP contribution in [0.5, 0.6) is 11.5 Å². The summed E-state index contributed by atoms with van der Waals surface area (Å²) in [7, 11) is 3.11. The highest BCUT2D eigenvalue weighted by Crippen LogP contribution is 2.47. The van der Waals surface area contributed by atoms with Crippen molar-refractivity contribution >= 4 is 5.97 Å². The molecule has 1 N–H and O–H groups in total. The molecule has 110 valence electrons. The maximum absolute atomic E-state index is 10.9. The fourth-order valence-corrected chi connectivity index (χ4v) is 2.18. The van der Waals surface area contributed by atoms with Crippen molar-refractivity contribution in [3.63, 3.8) is 0 Å². The monoisotopic (exact) mass is 290 g/mol. The van der Waals surface area contributed by atoms with Crippen LogP contribution in [0, 0.1) is 5.92 Å². The number of aromatic nitrogens is 2. The number of rotatable bonds is 5. The van der Waals surface area contributed by atoms with Crippen molar-refractivity contribution in [3.05, 3.63) is 24.1 Å². The predicted octanol–water partition coefficient (Wildman–Crippen LogP) is 1.94. The van der Waals surface area contributed by atoms with Gasteiger partial charge in [-0.25, -0.2) is 0 Å². The van der Waals surface area contributed by atoms with Gasteiger partial charge in [-0.3, -0.25) is 4.79 Å². The average Bonchev–Trinajstić information content (AvgIpc) is 3.16. The zero-order valence-corrected chi connectivity index (χ0v) is 11.6. The van der Waals surface area contributed by atoms with E-state index in [2.05, 4.69) is 10.1 Å². The van der Waals surface area contributed by atoms with Gasteiger partial charge in [-0.05, 0) is 18.6 Å². The summed E-state index contributed by atoms with van der Waals surface area (Å²) >= 11 is 0. The largest absolute Gasteiger partial charge is 0.497 e. The molecule has 0 spiro atoms. The van der Waals surface area contributed by atoms with Gasteiger partial charge in [-0.15, -0.1) is 0 Å². The van der Waals surface area contributed by atoms with Gasteiger partial charge < -0.3 is 19.1 Å². The van der Waals surface area contributed by atoms with Crippen molar-refractivity contribution < 1.29 is 23.9 Å². The molecule has 3 rings (SSSR count). The summed E-state index contributed by atoms with van der Waals surface area (Å²) in [6.45, 7) is 0. The smallest absolute Gasteiger partial charge is 0.307 e. The zero-order chi connectivity index (χ0) is 15.0. The van der Waals surface area contributed by atoms with Crippen molar-refractivity contribution in [2.24, 2.45) is 5.92 Å². The van der Waals surface area contributed by atoms with Gasteiger partial charge in [0.2, 0.25) is 11.7 Å². The number of hydrogen-bond acceptors (Lipinski definition) is 6. The third kappa shape index (κ3) is 2.54. The van der Waals surface area contributed by atoms with Crippen LogP contribution in [0.3, 0.4) is 0 Å². The highest BCUT2D eigenvalue weighted by molar-refractivity contribution is 5.74. The topological polar surface area (TPSA) is 94.7 Å². The van der Waals surface area contributed by atoms with Gasteiger partial charge in [0.1, 0.15) is 11.5 Å². The molecule has 0 radical (unpaired) electrons. The third-order valence-electron chi connectivity index (χ3n) is 3.48. The summed E-state index contributed by atoms with van der Waals surface area (Å²) in [5, 5.41) is 12.8. The number of carbonyl (C=O) groups is 1. The van der Waals surface area contributed by atoms with Crippen LogP contribution < -0.4 is 9.47 Å². The minimum atomic E-state index is -0.831. The Balaban J connectivity index is 1.88. The summed E-state index contributed by atoms with van der Waals surface area (Å²) < 4.78 is 15.5. The molecule has 21 heavy (non-hydrogen) atoms. The molecule has 7 nitrogen and oxygen atoms in total. The van der Waals surface area contributed by atoms with Crippen molar-refractivity contribution in [2.75, 3.05) is 14.2 Å². The average molecular weight is 290 g/mol. The molecule has 1 heterocycles. The first-order chi connectivity index (χ1) is 10.1. The van der Waals surface area contributed by atoms with E-state index in [9.17, 15) is 4.79 Å². The number of aliphatic carboxylic acids is 1. The molecule has 1 aromatic carbocycles. The molecule has 0 bridgehead atoms. The van der Waals surface area contributed by atoms with E-state index in [-0.39, 0.29) is 5.92 Å². The Kier molecular flexibility index (Phi) is 3.25. The number of carboxylic acids is 1. The second-order valence-corrected chi connectivity index (χ2v) is 4.84. The zero-order valence-electron chi connectivity index (χ0n) is 11.6. The van der Waals surface area contributed by atoms with E-state index in [0.717, 1.165) is 0 Å². The molecule has 0 aliphatic heterocycles. The lowest BCUT2D eigenvalue weighted by molar-refractivity contribution is -0.138. The van der Waals surface area contributed by atoms with Gasteiger partial charge in [-0.2, -0.15) is 4.98 Å². The van der Waals surface area contributed by atoms with Crippen LogP contribution in [-0.2, 0) is 4.79 Å². The lowest BCUT2D eigenvalue weighted by Crippen LogP contribution is -1.98. The molecule has 7 heteroatoms. The summed E-state index contributed by atoms with van der Waals surface area (Å²) in [4.78, 5) is 15.1. The Bertz CT molecular complexity index is 660. The number of benzene rings is 1. The standard InChI is InChI=1S/C14H14N2O5/c1-19-8-3-7(4-9(5-8)20-2)12-15-13(21-16-12)10-6-11(10)14(17)18/h3-5,10-11H,6H2,1-2H3,(H,17,18). The van der Waals surface area contributed by atoms with E-state index in [1.54, 1.807) is 32.4 Å². The lowest BCUT2D eigenvalue weighted by atomic mass is 10.2. The van der Waals surface area contributed by atoms with E-state index in [1.165, 1.54) is 0 Å². The fourth-order valence-electron chi connectivity index (χ4n) is 2.18. The first-order valence-electron chi connectivity index (χ1n) is 6.42. The normalized spacial score (nSPS) is 20.1. The number of carboxylic acid groups (broad SMARTS) is 1. The summed E-state index contributed by atoms with van der Waals surface area (Å²) in [5.74, 6) is 0.547. The van der Waals surface area contributed by atoms with E-state index < -0.39 is 11.9 Å². The first kappa shape index (κ1) is 13.4. The Hall–Kier alpha value is -2.57. The van der Waals surface area contributed by atoms with Gasteiger partial charge in [0.15, 0.2) is 0 Å². The third-order valence-corrected chi connectivity index (χ3v) is 3.48. The molecule has 0 saturated heterocycles. The summed E-state index contributed by atoms with van der Waals surface area (Å²) in [6.07, 6.45) is 0.540. The molecule has 1 aliphatic rings. The molecule has 2 aromatic rings. The van der Waals surface area contributed by atoms with E-state index in [0.29, 0.717) is 35.2 Å². The maximum Gasteiger partial charge on any atom is 0.307 e. The van der Waals surface area contributed by atoms with Crippen LogP contribution in [0.15, 0.2) is 22.7 Å². The highest BCUT2D eigenvalue weighted by Gasteiger charge is 2.48. The molecule has 1 aromatic heterocycles. The Morgan fingerprint density at radius 1 is 1.29 bits per heavy atom. The number of methoxy groups -OCH3 is 2. The van der Waals surface area contributed by atoms with Gasteiger partial charge >= 0.3 is 5.97 Å². The molecule has 0 amide bonds. The van der Waals surface area contributed by atoms with E-state index in [1.807, 2.05) is 0 Å². The molecular weight excluding hydrogens is 276 g/mol. The first-order valence-corrected chi connectivity index (χ1v) is 6.42. The van der Waals surface area contributed by atoms with Crippen molar-refractivity contribution in [2.45, 2.75) is 12.3 Å². The van der Waals surface area contributed by atoms with Crippen LogP contribution >= 0.6 is 0 Å². The Labute approximate surface area is 120 Å². The minimum absolute atomic E-state index is 0.184. The quantitative estimate of drug-likeness (QED) is 0.899. The van der Waals surface area contributed by atoms with Crippen molar-refractivity contribution in [1.29, 1.82) is 0 Å². The predicted molar refractivity (Wildman–Crippen MR) is 71.3 cm³/mol. The van der Waals surface area contributed by atoms with Crippen LogP contribution in [0.4, 0.5) is 0 Å². The lowest BCUT2D eigenvalue weighted by Gasteiger charge is -2.05. The van der Waals surface area contributed by atoms with Gasteiger partial charge in [0, 0.05) is 11.6 Å². The van der Waals surface area contributed by atoms with Crippen molar-refractivity contribution in [3.8, 4) is 22.9 Å². The van der Waals surface area contributed by atoms with Crippen LogP contribution in [0.1, 0.15) is 18.2 Å². The fraction of sp³-hybridized carbons (Fsp3) is 0.357. The van der Waals surface area contributed by atoms with E-state index in [4.69, 9.17) is 19.1 Å². The van der Waals surface area contributed by atoms with Gasteiger partial charge in [-0.1, -0.05) is 5.16 Å².